The van der Waals surface area contributed by atoms with Gasteiger partial charge in [0.2, 0.25) is 0 Å². The maximum Gasteiger partial charge on any atom is 0.137 e. The minimum Gasteiger partial charge on any atom is -0.492 e. The smallest absolute Gasteiger partial charge is 0.137 e. The zero-order chi connectivity index (χ0) is 12.9. The fraction of sp³-hybridized carbons (Fsp3) is 0.462. The SMILES string of the molecule is COC(C)(C)CCOc1ccc(Cl)cc1C#N. The zero-order valence-corrected chi connectivity index (χ0v) is 11.0. The van der Waals surface area contributed by atoms with Gasteiger partial charge in [-0.15, -0.1) is 0 Å². The van der Waals surface area contributed by atoms with Crippen LogP contribution in [-0.4, -0.2) is 19.3 Å². The molecule has 0 aromatic heterocycles. The van der Waals surface area contributed by atoms with Gasteiger partial charge in [-0.1, -0.05) is 11.6 Å². The second-order valence-electron chi connectivity index (χ2n) is 4.31. The van der Waals surface area contributed by atoms with Gasteiger partial charge in [-0.3, -0.25) is 0 Å². The Kier molecular flexibility index (Phi) is 4.80. The van der Waals surface area contributed by atoms with Crippen molar-refractivity contribution in [2.24, 2.45) is 0 Å². The lowest BCUT2D eigenvalue weighted by Gasteiger charge is -2.22. The van der Waals surface area contributed by atoms with Crippen LogP contribution in [0.5, 0.6) is 5.75 Å². The van der Waals surface area contributed by atoms with E-state index in [4.69, 9.17) is 26.3 Å². The summed E-state index contributed by atoms with van der Waals surface area (Å²) in [6.07, 6.45) is 0.747. The van der Waals surface area contributed by atoms with Crippen LogP contribution in [0, 0.1) is 11.3 Å². The molecule has 0 heterocycles. The van der Waals surface area contributed by atoms with Crippen molar-refractivity contribution in [3.05, 3.63) is 28.8 Å². The Labute approximate surface area is 107 Å². The Hall–Kier alpha value is -1.24. The standard InChI is InChI=1S/C13H16ClNO2/c1-13(2,16-3)6-7-17-12-5-4-11(14)8-10(12)9-15/h4-5,8H,6-7H2,1-3H3. The molecule has 0 fully saturated rings. The molecule has 0 aliphatic heterocycles. The van der Waals surface area contributed by atoms with Gasteiger partial charge >= 0.3 is 0 Å². The number of methoxy groups -OCH3 is 1. The molecule has 1 rings (SSSR count). The van der Waals surface area contributed by atoms with E-state index in [0.717, 1.165) is 6.42 Å². The third kappa shape index (κ3) is 4.26. The lowest BCUT2D eigenvalue weighted by Crippen LogP contribution is -2.25. The van der Waals surface area contributed by atoms with Crippen molar-refractivity contribution in [1.82, 2.24) is 0 Å². The number of halogens is 1. The summed E-state index contributed by atoms with van der Waals surface area (Å²) in [5.41, 5.74) is 0.229. The highest BCUT2D eigenvalue weighted by Gasteiger charge is 2.16. The molecule has 4 heteroatoms. The summed E-state index contributed by atoms with van der Waals surface area (Å²) in [5, 5.41) is 9.47. The molecule has 1 aromatic rings. The van der Waals surface area contributed by atoms with E-state index in [0.29, 0.717) is 22.9 Å². The number of hydrogen-bond acceptors (Lipinski definition) is 3. The van der Waals surface area contributed by atoms with E-state index in [-0.39, 0.29) is 5.60 Å². The first-order chi connectivity index (χ1) is 7.98. The van der Waals surface area contributed by atoms with Crippen molar-refractivity contribution in [3.8, 4) is 11.8 Å². The fourth-order valence-corrected chi connectivity index (χ4v) is 1.40. The molecular formula is C13H16ClNO2. The van der Waals surface area contributed by atoms with Gasteiger partial charge in [0.1, 0.15) is 11.8 Å². The van der Waals surface area contributed by atoms with Crippen molar-refractivity contribution in [2.45, 2.75) is 25.9 Å². The predicted molar refractivity (Wildman–Crippen MR) is 67.4 cm³/mol. The molecular weight excluding hydrogens is 238 g/mol. The first kappa shape index (κ1) is 13.8. The van der Waals surface area contributed by atoms with E-state index in [9.17, 15) is 0 Å². The van der Waals surface area contributed by atoms with Crippen LogP contribution >= 0.6 is 11.6 Å². The molecule has 17 heavy (non-hydrogen) atoms. The Morgan fingerprint density at radius 3 is 2.71 bits per heavy atom. The molecule has 0 bridgehead atoms. The van der Waals surface area contributed by atoms with E-state index < -0.39 is 0 Å². The number of rotatable bonds is 5. The average molecular weight is 254 g/mol. The maximum atomic E-state index is 8.93. The summed E-state index contributed by atoms with van der Waals surface area (Å²) in [6.45, 7) is 4.48. The molecule has 0 aliphatic rings. The van der Waals surface area contributed by atoms with Crippen molar-refractivity contribution < 1.29 is 9.47 Å². The predicted octanol–water partition coefficient (Wildman–Crippen LogP) is 3.41. The molecule has 3 nitrogen and oxygen atoms in total. The van der Waals surface area contributed by atoms with Crippen molar-refractivity contribution in [1.29, 1.82) is 5.26 Å². The van der Waals surface area contributed by atoms with Crippen LogP contribution in [0.15, 0.2) is 18.2 Å². The Bertz CT molecular complexity index is 424. The second kappa shape index (κ2) is 5.90. The van der Waals surface area contributed by atoms with E-state index in [1.54, 1.807) is 25.3 Å². The number of nitriles is 1. The topological polar surface area (TPSA) is 42.2 Å². The number of benzene rings is 1. The van der Waals surface area contributed by atoms with Crippen LogP contribution in [0.25, 0.3) is 0 Å². The molecule has 0 N–H and O–H groups in total. The highest BCUT2D eigenvalue weighted by molar-refractivity contribution is 6.30. The van der Waals surface area contributed by atoms with Crippen LogP contribution < -0.4 is 4.74 Å². The summed E-state index contributed by atoms with van der Waals surface area (Å²) in [5.74, 6) is 0.559. The quantitative estimate of drug-likeness (QED) is 0.808. The second-order valence-corrected chi connectivity index (χ2v) is 4.75. The van der Waals surface area contributed by atoms with Crippen LogP contribution in [0.1, 0.15) is 25.8 Å². The van der Waals surface area contributed by atoms with Crippen LogP contribution in [-0.2, 0) is 4.74 Å². The van der Waals surface area contributed by atoms with Gasteiger partial charge in [-0.2, -0.15) is 5.26 Å². The lowest BCUT2D eigenvalue weighted by atomic mass is 10.1. The van der Waals surface area contributed by atoms with Crippen molar-refractivity contribution >= 4 is 11.6 Å². The van der Waals surface area contributed by atoms with Gasteiger partial charge in [0.05, 0.1) is 17.8 Å². The Balaban J connectivity index is 2.62. The van der Waals surface area contributed by atoms with Crippen LogP contribution in [0.4, 0.5) is 0 Å². The summed E-state index contributed by atoms with van der Waals surface area (Å²) < 4.78 is 10.8. The van der Waals surface area contributed by atoms with Crippen LogP contribution in [0.3, 0.4) is 0 Å². The van der Waals surface area contributed by atoms with E-state index in [1.165, 1.54) is 0 Å². The van der Waals surface area contributed by atoms with E-state index >= 15 is 0 Å². The molecule has 0 radical (unpaired) electrons. The Morgan fingerprint density at radius 1 is 1.41 bits per heavy atom. The highest BCUT2D eigenvalue weighted by Crippen LogP contribution is 2.23. The third-order valence-corrected chi connectivity index (χ3v) is 2.81. The van der Waals surface area contributed by atoms with Gasteiger partial charge in [-0.05, 0) is 32.0 Å². The molecule has 0 saturated carbocycles. The third-order valence-electron chi connectivity index (χ3n) is 2.58. The number of ether oxygens (including phenoxy) is 2. The molecule has 0 atom stereocenters. The number of hydrogen-bond donors (Lipinski definition) is 0. The first-order valence-corrected chi connectivity index (χ1v) is 5.74. The summed E-state index contributed by atoms with van der Waals surface area (Å²) >= 11 is 5.80. The summed E-state index contributed by atoms with van der Waals surface area (Å²) in [4.78, 5) is 0. The fourth-order valence-electron chi connectivity index (χ4n) is 1.22. The largest absolute Gasteiger partial charge is 0.492 e. The zero-order valence-electron chi connectivity index (χ0n) is 10.3. The molecule has 0 unspecified atom stereocenters. The lowest BCUT2D eigenvalue weighted by molar-refractivity contribution is 0.00543. The van der Waals surface area contributed by atoms with E-state index in [1.807, 2.05) is 13.8 Å². The first-order valence-electron chi connectivity index (χ1n) is 5.36. The minimum absolute atomic E-state index is 0.223. The molecule has 0 saturated heterocycles. The maximum absolute atomic E-state index is 8.93. The van der Waals surface area contributed by atoms with Crippen molar-refractivity contribution in [3.63, 3.8) is 0 Å². The molecule has 0 amide bonds. The van der Waals surface area contributed by atoms with Gasteiger partial charge < -0.3 is 9.47 Å². The average Bonchev–Trinajstić information content (AvgIpc) is 2.30. The summed E-state index contributed by atoms with van der Waals surface area (Å²) in [7, 11) is 1.67. The van der Waals surface area contributed by atoms with Gasteiger partial charge in [0.15, 0.2) is 0 Å². The monoisotopic (exact) mass is 253 g/mol. The molecule has 1 aromatic carbocycles. The highest BCUT2D eigenvalue weighted by atomic mass is 35.5. The van der Waals surface area contributed by atoms with Crippen molar-refractivity contribution in [2.75, 3.05) is 13.7 Å². The summed E-state index contributed by atoms with van der Waals surface area (Å²) in [6, 6.07) is 7.07. The minimum atomic E-state index is -0.223. The van der Waals surface area contributed by atoms with Gasteiger partial charge in [0.25, 0.3) is 0 Å². The Morgan fingerprint density at radius 2 is 2.12 bits per heavy atom. The molecule has 92 valence electrons. The molecule has 0 aliphatic carbocycles. The van der Waals surface area contributed by atoms with Crippen LogP contribution in [0.2, 0.25) is 5.02 Å². The molecule has 0 spiro atoms. The van der Waals surface area contributed by atoms with Gasteiger partial charge in [0, 0.05) is 18.6 Å². The van der Waals surface area contributed by atoms with Gasteiger partial charge in [-0.25, -0.2) is 0 Å². The van der Waals surface area contributed by atoms with E-state index in [2.05, 4.69) is 6.07 Å². The number of nitrogens with zero attached hydrogens (tertiary/aromatic N) is 1. The normalized spacial score (nSPS) is 11.0.